The Kier molecular flexibility index (Phi) is 8.95. The number of halogens is 1. The summed E-state index contributed by atoms with van der Waals surface area (Å²) in [7, 11) is 0. The molecule has 0 bridgehead atoms. The van der Waals surface area contributed by atoms with Crippen LogP contribution in [0.15, 0.2) is 66.7 Å². The zero-order chi connectivity index (χ0) is 29.1. The molecule has 3 aromatic carbocycles. The topological polar surface area (TPSA) is 95.7 Å². The molecule has 1 aliphatic heterocycles. The van der Waals surface area contributed by atoms with Crippen LogP contribution >= 0.6 is 11.6 Å². The van der Waals surface area contributed by atoms with E-state index in [2.05, 4.69) is 29.6 Å². The molecule has 0 spiro atoms. The highest BCUT2D eigenvalue weighted by Gasteiger charge is 2.44. The van der Waals surface area contributed by atoms with Gasteiger partial charge in [-0.1, -0.05) is 80.0 Å². The van der Waals surface area contributed by atoms with E-state index in [9.17, 15) is 14.4 Å². The number of nitrogens with one attached hydrogen (secondary N) is 1. The average molecular weight is 575 g/mol. The minimum Gasteiger partial charge on any atom is -0.354 e. The standard InChI is InChI=1S/C33H39ClN4O3/c1-21(2)30-33(41)37(15-16-38(30)32(40)28(35)18-22-10-13-27(34)14-11-22)29(31(39)36-20-23-7-8-23)19-24-9-12-25-5-3-4-6-26(25)17-24/h3-6,9-14,17,21,23,28-30H,7-8,15-16,18-20,35H2,1-2H3,(H,36,39)/t28-,29+,30+/m1/s1. The van der Waals surface area contributed by atoms with Crippen LogP contribution in [0.2, 0.25) is 5.02 Å². The van der Waals surface area contributed by atoms with E-state index >= 15 is 0 Å². The van der Waals surface area contributed by atoms with Gasteiger partial charge in [-0.3, -0.25) is 14.4 Å². The summed E-state index contributed by atoms with van der Waals surface area (Å²) in [6.07, 6.45) is 3.01. The van der Waals surface area contributed by atoms with Crippen LogP contribution in [0.5, 0.6) is 0 Å². The Morgan fingerprint density at radius 1 is 0.951 bits per heavy atom. The van der Waals surface area contributed by atoms with Crippen molar-refractivity contribution in [3.05, 3.63) is 82.9 Å². The van der Waals surface area contributed by atoms with Gasteiger partial charge in [0.2, 0.25) is 17.7 Å². The Morgan fingerprint density at radius 3 is 2.32 bits per heavy atom. The molecule has 7 nitrogen and oxygen atoms in total. The van der Waals surface area contributed by atoms with Gasteiger partial charge in [0.15, 0.2) is 0 Å². The average Bonchev–Trinajstić information content (AvgIpc) is 3.80. The summed E-state index contributed by atoms with van der Waals surface area (Å²) >= 11 is 6.00. The van der Waals surface area contributed by atoms with E-state index in [1.54, 1.807) is 21.9 Å². The second kappa shape index (κ2) is 12.6. The number of nitrogens with two attached hydrogens (primary N) is 1. The number of carbonyl (C=O) groups is 3. The maximum Gasteiger partial charge on any atom is 0.246 e. The maximum absolute atomic E-state index is 14.1. The molecule has 0 aromatic heterocycles. The number of fused-ring (bicyclic) bond motifs is 1. The fourth-order valence-corrected chi connectivity index (χ4v) is 5.89. The Labute approximate surface area is 247 Å². The number of benzene rings is 3. The van der Waals surface area contributed by atoms with Gasteiger partial charge in [0.1, 0.15) is 12.1 Å². The third-order valence-corrected chi connectivity index (χ3v) is 8.49. The van der Waals surface area contributed by atoms with Crippen molar-refractivity contribution < 1.29 is 14.4 Å². The molecule has 1 saturated carbocycles. The van der Waals surface area contributed by atoms with Gasteiger partial charge in [-0.05, 0) is 65.1 Å². The van der Waals surface area contributed by atoms with Gasteiger partial charge in [-0.25, -0.2) is 0 Å². The predicted octanol–water partition coefficient (Wildman–Crippen LogP) is 4.20. The summed E-state index contributed by atoms with van der Waals surface area (Å²) in [6.45, 7) is 5.10. The van der Waals surface area contributed by atoms with Gasteiger partial charge in [-0.15, -0.1) is 0 Å². The summed E-state index contributed by atoms with van der Waals surface area (Å²) < 4.78 is 0. The molecule has 3 atom stereocenters. The van der Waals surface area contributed by atoms with Gasteiger partial charge in [-0.2, -0.15) is 0 Å². The molecule has 2 aliphatic rings. The molecule has 5 rings (SSSR count). The van der Waals surface area contributed by atoms with Crippen molar-refractivity contribution in [2.24, 2.45) is 17.6 Å². The van der Waals surface area contributed by atoms with E-state index in [4.69, 9.17) is 17.3 Å². The van der Waals surface area contributed by atoms with Gasteiger partial charge in [0, 0.05) is 31.1 Å². The third-order valence-electron chi connectivity index (χ3n) is 8.24. The third kappa shape index (κ3) is 6.91. The quantitative estimate of drug-likeness (QED) is 0.379. The number of carbonyl (C=O) groups excluding carboxylic acids is 3. The zero-order valence-corrected chi connectivity index (χ0v) is 24.5. The maximum atomic E-state index is 14.1. The monoisotopic (exact) mass is 574 g/mol. The molecule has 8 heteroatoms. The first-order valence-corrected chi connectivity index (χ1v) is 15.0. The van der Waals surface area contributed by atoms with Gasteiger partial charge in [0.25, 0.3) is 0 Å². The molecule has 3 aromatic rings. The van der Waals surface area contributed by atoms with Crippen LogP contribution in [0.1, 0.15) is 37.8 Å². The summed E-state index contributed by atoms with van der Waals surface area (Å²) in [5.41, 5.74) is 8.28. The van der Waals surface area contributed by atoms with Crippen molar-refractivity contribution in [3.63, 3.8) is 0 Å². The van der Waals surface area contributed by atoms with Crippen LogP contribution in [0.4, 0.5) is 0 Å². The molecule has 216 valence electrons. The van der Waals surface area contributed by atoms with Crippen LogP contribution in [0, 0.1) is 11.8 Å². The SMILES string of the molecule is CC(C)[C@H]1C(=O)N([C@@H](Cc2ccc3ccccc3c2)C(=O)NCC2CC2)CCN1C(=O)[C@H](N)Cc1ccc(Cl)cc1. The molecule has 1 saturated heterocycles. The van der Waals surface area contributed by atoms with Crippen LogP contribution in [-0.4, -0.2) is 65.3 Å². The molecular formula is C33H39ClN4O3. The first-order valence-electron chi connectivity index (χ1n) is 14.6. The van der Waals surface area contributed by atoms with Crippen LogP contribution in [0.25, 0.3) is 10.8 Å². The van der Waals surface area contributed by atoms with Crippen LogP contribution in [0.3, 0.4) is 0 Å². The second-order valence-electron chi connectivity index (χ2n) is 11.8. The van der Waals surface area contributed by atoms with Crippen molar-refractivity contribution >= 4 is 40.1 Å². The zero-order valence-electron chi connectivity index (χ0n) is 23.8. The molecule has 1 aliphatic carbocycles. The summed E-state index contributed by atoms with van der Waals surface area (Å²) in [5, 5.41) is 5.95. The molecule has 3 N–H and O–H groups in total. The number of piperazine rings is 1. The van der Waals surface area contributed by atoms with E-state index in [0.717, 1.165) is 34.7 Å². The summed E-state index contributed by atoms with van der Waals surface area (Å²) in [5.74, 6) is -0.217. The minimum absolute atomic E-state index is 0.139. The Morgan fingerprint density at radius 2 is 1.63 bits per heavy atom. The Bertz CT molecular complexity index is 1410. The van der Waals surface area contributed by atoms with Crippen molar-refractivity contribution in [1.29, 1.82) is 0 Å². The van der Waals surface area contributed by atoms with E-state index in [-0.39, 0.29) is 30.2 Å². The number of nitrogens with zero attached hydrogens (tertiary/aromatic N) is 2. The lowest BCUT2D eigenvalue weighted by molar-refractivity contribution is -0.158. The molecular weight excluding hydrogens is 536 g/mol. The largest absolute Gasteiger partial charge is 0.354 e. The first-order chi connectivity index (χ1) is 19.7. The molecule has 3 amide bonds. The van der Waals surface area contributed by atoms with Crippen LogP contribution < -0.4 is 11.1 Å². The highest BCUT2D eigenvalue weighted by Crippen LogP contribution is 2.28. The number of hydrogen-bond donors (Lipinski definition) is 2. The summed E-state index contributed by atoms with van der Waals surface area (Å²) in [4.78, 5) is 44.6. The molecule has 2 fully saturated rings. The number of rotatable bonds is 10. The normalized spacial score (nSPS) is 19.0. The van der Waals surface area contributed by atoms with E-state index in [1.165, 1.54) is 0 Å². The van der Waals surface area contributed by atoms with Crippen LogP contribution in [-0.2, 0) is 27.2 Å². The van der Waals surface area contributed by atoms with Gasteiger partial charge in [0.05, 0.1) is 6.04 Å². The van der Waals surface area contributed by atoms with Crippen molar-refractivity contribution in [3.8, 4) is 0 Å². The molecule has 1 heterocycles. The number of amides is 3. The lowest BCUT2D eigenvalue weighted by atomic mass is 9.93. The fourth-order valence-electron chi connectivity index (χ4n) is 5.76. The Hall–Kier alpha value is -3.42. The van der Waals surface area contributed by atoms with Gasteiger partial charge >= 0.3 is 0 Å². The highest BCUT2D eigenvalue weighted by molar-refractivity contribution is 6.30. The van der Waals surface area contributed by atoms with Crippen molar-refractivity contribution in [2.75, 3.05) is 19.6 Å². The predicted molar refractivity (Wildman–Crippen MR) is 162 cm³/mol. The van der Waals surface area contributed by atoms with E-state index in [0.29, 0.717) is 36.9 Å². The van der Waals surface area contributed by atoms with Crippen molar-refractivity contribution in [2.45, 2.75) is 57.7 Å². The minimum atomic E-state index is -0.785. The second-order valence-corrected chi connectivity index (χ2v) is 12.2. The fraction of sp³-hybridized carbons (Fsp3) is 0.424. The molecule has 0 radical (unpaired) electrons. The highest BCUT2D eigenvalue weighted by atomic mass is 35.5. The lowest BCUT2D eigenvalue weighted by Gasteiger charge is -2.45. The molecule has 41 heavy (non-hydrogen) atoms. The molecule has 0 unspecified atom stereocenters. The van der Waals surface area contributed by atoms with E-state index < -0.39 is 18.1 Å². The van der Waals surface area contributed by atoms with E-state index in [1.807, 2.05) is 44.2 Å². The number of hydrogen-bond acceptors (Lipinski definition) is 4. The van der Waals surface area contributed by atoms with Gasteiger partial charge < -0.3 is 20.9 Å². The van der Waals surface area contributed by atoms with Crippen molar-refractivity contribution in [1.82, 2.24) is 15.1 Å². The first kappa shape index (κ1) is 29.1. The lowest BCUT2D eigenvalue weighted by Crippen LogP contribution is -2.66. The summed E-state index contributed by atoms with van der Waals surface area (Å²) in [6, 6.07) is 19.4. The Balaban J connectivity index is 1.36. The smallest absolute Gasteiger partial charge is 0.246 e.